The van der Waals surface area contributed by atoms with E-state index in [1.54, 1.807) is 4.90 Å². The fraction of sp³-hybridized carbons (Fsp3) is 0.778. The van der Waals surface area contributed by atoms with Crippen LogP contribution in [0.5, 0.6) is 0 Å². The monoisotopic (exact) mass is 184 g/mol. The predicted octanol–water partition coefficient (Wildman–Crippen LogP) is -0.0848. The van der Waals surface area contributed by atoms with Gasteiger partial charge in [-0.05, 0) is 12.8 Å². The molecular weight excluding hydrogens is 168 g/mol. The molecule has 0 bridgehead atoms. The summed E-state index contributed by atoms with van der Waals surface area (Å²) in [5, 5.41) is 0. The maximum atomic E-state index is 11.1. The Morgan fingerprint density at radius 2 is 2.23 bits per heavy atom. The lowest BCUT2D eigenvalue weighted by Crippen LogP contribution is -2.31. The molecule has 1 heterocycles. The minimum Gasteiger partial charge on any atom is -0.335 e. The Kier molecular flexibility index (Phi) is 3.42. The molecule has 0 radical (unpaired) electrons. The number of carbonyl (C=O) groups excluding carboxylic acids is 2. The van der Waals surface area contributed by atoms with Crippen molar-refractivity contribution >= 4 is 11.7 Å². The Morgan fingerprint density at radius 1 is 1.54 bits per heavy atom. The second-order valence-electron chi connectivity index (χ2n) is 3.49. The lowest BCUT2D eigenvalue weighted by molar-refractivity contribution is -0.127. The van der Waals surface area contributed by atoms with Gasteiger partial charge in [0.15, 0.2) is 5.78 Å². The molecule has 0 saturated carbocycles. The van der Waals surface area contributed by atoms with Gasteiger partial charge in [-0.25, -0.2) is 0 Å². The van der Waals surface area contributed by atoms with Gasteiger partial charge in [-0.2, -0.15) is 0 Å². The van der Waals surface area contributed by atoms with E-state index >= 15 is 0 Å². The van der Waals surface area contributed by atoms with Crippen molar-refractivity contribution in [3.8, 4) is 0 Å². The molecule has 2 N–H and O–H groups in total. The summed E-state index contributed by atoms with van der Waals surface area (Å²) >= 11 is 0. The number of Topliss-reactive ketones (excluding diaryl/α,β-unsaturated/α-hetero) is 1. The Balaban J connectivity index is 2.29. The Hall–Kier alpha value is -0.900. The molecule has 1 saturated heterocycles. The van der Waals surface area contributed by atoms with Crippen molar-refractivity contribution in [2.75, 3.05) is 13.1 Å². The van der Waals surface area contributed by atoms with Crippen LogP contribution in [-0.2, 0) is 9.59 Å². The van der Waals surface area contributed by atoms with Crippen molar-refractivity contribution in [2.24, 2.45) is 5.73 Å². The lowest BCUT2D eigenvalue weighted by atomic mass is 10.1. The summed E-state index contributed by atoms with van der Waals surface area (Å²) in [5.74, 6) is -0.0247. The first-order valence-corrected chi connectivity index (χ1v) is 4.68. The number of nitrogens with zero attached hydrogens (tertiary/aromatic N) is 1. The number of hydrogen-bond acceptors (Lipinski definition) is 3. The summed E-state index contributed by atoms with van der Waals surface area (Å²) in [6, 6.07) is 0.142. The van der Waals surface area contributed by atoms with Crippen LogP contribution in [0.3, 0.4) is 0 Å². The zero-order chi connectivity index (χ0) is 9.84. The van der Waals surface area contributed by atoms with Crippen LogP contribution in [0.1, 0.15) is 26.2 Å². The summed E-state index contributed by atoms with van der Waals surface area (Å²) in [4.78, 5) is 23.6. The standard InChI is InChI=1S/C9H16N2O2/c1-2-7(10)3-4-11-6-8(12)5-9(11)13/h7H,2-6,10H2,1H3. The van der Waals surface area contributed by atoms with E-state index in [0.717, 1.165) is 12.8 Å². The maximum absolute atomic E-state index is 11.1. The number of amides is 1. The predicted molar refractivity (Wildman–Crippen MR) is 49.1 cm³/mol. The van der Waals surface area contributed by atoms with Crippen LogP contribution in [0.25, 0.3) is 0 Å². The summed E-state index contributed by atoms with van der Waals surface area (Å²) in [6.45, 7) is 2.93. The van der Waals surface area contributed by atoms with Crippen LogP contribution in [-0.4, -0.2) is 35.7 Å². The third-order valence-corrected chi connectivity index (χ3v) is 2.36. The zero-order valence-electron chi connectivity index (χ0n) is 7.95. The minimum absolute atomic E-state index is 0.0232. The second kappa shape index (κ2) is 4.37. The molecule has 0 aromatic rings. The van der Waals surface area contributed by atoms with E-state index in [4.69, 9.17) is 5.73 Å². The van der Waals surface area contributed by atoms with E-state index in [-0.39, 0.29) is 30.7 Å². The fourth-order valence-electron chi connectivity index (χ4n) is 1.37. The molecule has 0 spiro atoms. The maximum Gasteiger partial charge on any atom is 0.230 e. The topological polar surface area (TPSA) is 63.4 Å². The van der Waals surface area contributed by atoms with Crippen molar-refractivity contribution < 1.29 is 9.59 Å². The molecule has 4 nitrogen and oxygen atoms in total. The van der Waals surface area contributed by atoms with Gasteiger partial charge < -0.3 is 10.6 Å². The smallest absolute Gasteiger partial charge is 0.230 e. The number of hydrogen-bond donors (Lipinski definition) is 1. The molecule has 1 atom stereocenters. The molecular formula is C9H16N2O2. The van der Waals surface area contributed by atoms with Crippen LogP contribution in [0.4, 0.5) is 0 Å². The average Bonchev–Trinajstić information content (AvgIpc) is 2.41. The highest BCUT2D eigenvalue weighted by Crippen LogP contribution is 2.07. The highest BCUT2D eigenvalue weighted by atomic mass is 16.2. The molecule has 13 heavy (non-hydrogen) atoms. The van der Waals surface area contributed by atoms with Crippen molar-refractivity contribution in [2.45, 2.75) is 32.2 Å². The SMILES string of the molecule is CCC(N)CCN1CC(=O)CC1=O. The zero-order valence-corrected chi connectivity index (χ0v) is 7.95. The van der Waals surface area contributed by atoms with E-state index in [2.05, 4.69) is 0 Å². The van der Waals surface area contributed by atoms with Crippen LogP contribution in [0.2, 0.25) is 0 Å². The third-order valence-electron chi connectivity index (χ3n) is 2.36. The highest BCUT2D eigenvalue weighted by molar-refractivity contribution is 6.05. The Labute approximate surface area is 78.1 Å². The number of rotatable bonds is 4. The van der Waals surface area contributed by atoms with Crippen LogP contribution in [0, 0.1) is 0 Å². The number of nitrogens with two attached hydrogens (primary N) is 1. The van der Waals surface area contributed by atoms with Crippen LogP contribution >= 0.6 is 0 Å². The van der Waals surface area contributed by atoms with Gasteiger partial charge in [-0.15, -0.1) is 0 Å². The molecule has 1 amide bonds. The molecule has 1 aliphatic heterocycles. The molecule has 1 fully saturated rings. The van der Waals surface area contributed by atoms with Gasteiger partial charge in [0.05, 0.1) is 13.0 Å². The Bertz CT molecular complexity index is 216. The van der Waals surface area contributed by atoms with Gasteiger partial charge >= 0.3 is 0 Å². The van der Waals surface area contributed by atoms with Crippen molar-refractivity contribution in [1.82, 2.24) is 4.90 Å². The largest absolute Gasteiger partial charge is 0.335 e. The normalized spacial score (nSPS) is 19.7. The molecule has 4 heteroatoms. The number of ketones is 1. The molecule has 1 unspecified atom stereocenters. The number of carbonyl (C=O) groups is 2. The van der Waals surface area contributed by atoms with E-state index < -0.39 is 0 Å². The van der Waals surface area contributed by atoms with E-state index in [1.165, 1.54) is 0 Å². The van der Waals surface area contributed by atoms with E-state index in [1.807, 2.05) is 6.92 Å². The van der Waals surface area contributed by atoms with Gasteiger partial charge in [-0.1, -0.05) is 6.92 Å². The van der Waals surface area contributed by atoms with Crippen molar-refractivity contribution in [1.29, 1.82) is 0 Å². The third kappa shape index (κ3) is 2.81. The van der Waals surface area contributed by atoms with Gasteiger partial charge in [-0.3, -0.25) is 9.59 Å². The molecule has 0 aromatic carbocycles. The van der Waals surface area contributed by atoms with Gasteiger partial charge in [0.1, 0.15) is 0 Å². The number of likely N-dealkylation sites (tertiary alicyclic amines) is 1. The molecule has 0 aromatic heterocycles. The molecule has 74 valence electrons. The quantitative estimate of drug-likeness (QED) is 0.621. The molecule has 1 rings (SSSR count). The van der Waals surface area contributed by atoms with Gasteiger partial charge in [0.2, 0.25) is 5.91 Å². The van der Waals surface area contributed by atoms with Crippen LogP contribution < -0.4 is 5.73 Å². The fourth-order valence-corrected chi connectivity index (χ4v) is 1.37. The molecule has 0 aliphatic carbocycles. The van der Waals surface area contributed by atoms with Gasteiger partial charge in [0.25, 0.3) is 0 Å². The summed E-state index contributed by atoms with van der Waals surface area (Å²) in [7, 11) is 0. The Morgan fingerprint density at radius 3 is 2.69 bits per heavy atom. The minimum atomic E-state index is -0.0479. The summed E-state index contributed by atoms with van der Waals surface area (Å²) in [6.07, 6.45) is 1.78. The van der Waals surface area contributed by atoms with Crippen molar-refractivity contribution in [3.63, 3.8) is 0 Å². The second-order valence-corrected chi connectivity index (χ2v) is 3.49. The average molecular weight is 184 g/mol. The lowest BCUT2D eigenvalue weighted by Gasteiger charge is -2.16. The van der Waals surface area contributed by atoms with E-state index in [9.17, 15) is 9.59 Å². The highest BCUT2D eigenvalue weighted by Gasteiger charge is 2.26. The first-order valence-electron chi connectivity index (χ1n) is 4.68. The van der Waals surface area contributed by atoms with E-state index in [0.29, 0.717) is 6.54 Å². The first kappa shape index (κ1) is 10.2. The summed E-state index contributed by atoms with van der Waals surface area (Å²) in [5.41, 5.74) is 5.71. The van der Waals surface area contributed by atoms with Crippen LogP contribution in [0.15, 0.2) is 0 Å². The first-order chi connectivity index (χ1) is 6.13. The molecule has 1 aliphatic rings. The van der Waals surface area contributed by atoms with Gasteiger partial charge in [0, 0.05) is 12.6 Å². The van der Waals surface area contributed by atoms with Crippen molar-refractivity contribution in [3.05, 3.63) is 0 Å². The summed E-state index contributed by atoms with van der Waals surface area (Å²) < 4.78 is 0.